The molecule has 2 N–H and O–H groups in total. The SMILES string of the molecule is OC(c1ccc(Cl)c(Cl)c1)c1ccc[nH]1. The molecule has 1 atom stereocenters. The van der Waals surface area contributed by atoms with Crippen molar-refractivity contribution in [3.63, 3.8) is 0 Å². The molecule has 1 unspecified atom stereocenters. The third-order valence-corrected chi connectivity index (χ3v) is 2.92. The molecule has 0 saturated heterocycles. The summed E-state index contributed by atoms with van der Waals surface area (Å²) in [7, 11) is 0. The van der Waals surface area contributed by atoms with Crippen LogP contribution >= 0.6 is 23.2 Å². The number of aromatic amines is 1. The molecule has 0 bridgehead atoms. The summed E-state index contributed by atoms with van der Waals surface area (Å²) >= 11 is 11.7. The van der Waals surface area contributed by atoms with Crippen molar-refractivity contribution in [1.82, 2.24) is 4.98 Å². The van der Waals surface area contributed by atoms with Gasteiger partial charge in [0.25, 0.3) is 0 Å². The molecule has 0 radical (unpaired) electrons. The zero-order valence-corrected chi connectivity index (χ0v) is 9.26. The van der Waals surface area contributed by atoms with E-state index in [0.29, 0.717) is 15.6 Å². The van der Waals surface area contributed by atoms with Crippen LogP contribution < -0.4 is 0 Å². The van der Waals surface area contributed by atoms with Crippen molar-refractivity contribution in [3.8, 4) is 0 Å². The number of aliphatic hydroxyl groups is 1. The molecule has 0 fully saturated rings. The number of hydrogen-bond acceptors (Lipinski definition) is 1. The fourth-order valence-electron chi connectivity index (χ4n) is 1.38. The quantitative estimate of drug-likeness (QED) is 0.831. The Hall–Kier alpha value is -0.960. The maximum atomic E-state index is 9.96. The monoisotopic (exact) mass is 241 g/mol. The number of aromatic nitrogens is 1. The highest BCUT2D eigenvalue weighted by atomic mass is 35.5. The van der Waals surface area contributed by atoms with E-state index in [0.717, 1.165) is 5.69 Å². The minimum Gasteiger partial charge on any atom is -0.382 e. The van der Waals surface area contributed by atoms with Crippen LogP contribution in [0.1, 0.15) is 17.4 Å². The Bertz CT molecular complexity index is 454. The highest BCUT2D eigenvalue weighted by Crippen LogP contribution is 2.27. The normalized spacial score (nSPS) is 12.7. The predicted molar refractivity (Wildman–Crippen MR) is 61.3 cm³/mol. The van der Waals surface area contributed by atoms with Crippen molar-refractivity contribution < 1.29 is 5.11 Å². The van der Waals surface area contributed by atoms with Gasteiger partial charge in [-0.1, -0.05) is 29.3 Å². The number of halogens is 2. The van der Waals surface area contributed by atoms with Gasteiger partial charge in [-0.3, -0.25) is 0 Å². The number of H-pyrrole nitrogens is 1. The van der Waals surface area contributed by atoms with Crippen LogP contribution in [0.25, 0.3) is 0 Å². The number of nitrogens with one attached hydrogen (secondary N) is 1. The molecule has 2 aromatic rings. The lowest BCUT2D eigenvalue weighted by Gasteiger charge is -2.09. The summed E-state index contributed by atoms with van der Waals surface area (Å²) in [6, 6.07) is 8.73. The summed E-state index contributed by atoms with van der Waals surface area (Å²) in [5.74, 6) is 0. The molecule has 15 heavy (non-hydrogen) atoms. The molecule has 2 rings (SSSR count). The lowest BCUT2D eigenvalue weighted by Crippen LogP contribution is -1.99. The van der Waals surface area contributed by atoms with Gasteiger partial charge in [0.2, 0.25) is 0 Å². The Kier molecular flexibility index (Phi) is 3.00. The minimum absolute atomic E-state index is 0.444. The van der Waals surface area contributed by atoms with Crippen molar-refractivity contribution in [2.75, 3.05) is 0 Å². The summed E-state index contributed by atoms with van der Waals surface area (Å²) in [6.45, 7) is 0. The van der Waals surface area contributed by atoms with Crippen molar-refractivity contribution in [2.45, 2.75) is 6.10 Å². The number of aliphatic hydroxyl groups excluding tert-OH is 1. The first-order valence-electron chi connectivity index (χ1n) is 4.45. The van der Waals surface area contributed by atoms with E-state index in [2.05, 4.69) is 4.98 Å². The van der Waals surface area contributed by atoms with Crippen molar-refractivity contribution in [2.24, 2.45) is 0 Å². The van der Waals surface area contributed by atoms with Gasteiger partial charge >= 0.3 is 0 Å². The van der Waals surface area contributed by atoms with E-state index < -0.39 is 6.10 Å². The highest BCUT2D eigenvalue weighted by Gasteiger charge is 2.12. The van der Waals surface area contributed by atoms with Crippen LogP contribution in [-0.2, 0) is 0 Å². The second-order valence-electron chi connectivity index (χ2n) is 3.20. The van der Waals surface area contributed by atoms with Crippen LogP contribution in [-0.4, -0.2) is 10.1 Å². The van der Waals surface area contributed by atoms with E-state index in [1.807, 2.05) is 12.1 Å². The predicted octanol–water partition coefficient (Wildman–Crippen LogP) is 3.40. The van der Waals surface area contributed by atoms with Gasteiger partial charge in [0.05, 0.1) is 10.0 Å². The first kappa shape index (κ1) is 10.6. The first-order chi connectivity index (χ1) is 7.18. The topological polar surface area (TPSA) is 36.0 Å². The third kappa shape index (κ3) is 2.17. The first-order valence-corrected chi connectivity index (χ1v) is 5.20. The van der Waals surface area contributed by atoms with Crippen molar-refractivity contribution >= 4 is 23.2 Å². The summed E-state index contributed by atoms with van der Waals surface area (Å²) < 4.78 is 0. The molecule has 78 valence electrons. The van der Waals surface area contributed by atoms with Gasteiger partial charge < -0.3 is 10.1 Å². The van der Waals surface area contributed by atoms with Crippen LogP contribution in [0.15, 0.2) is 36.5 Å². The zero-order chi connectivity index (χ0) is 10.8. The number of hydrogen-bond donors (Lipinski definition) is 2. The Morgan fingerprint density at radius 2 is 1.93 bits per heavy atom. The molecule has 4 heteroatoms. The average molecular weight is 242 g/mol. The zero-order valence-electron chi connectivity index (χ0n) is 7.74. The second kappa shape index (κ2) is 4.27. The standard InChI is InChI=1S/C11H9Cl2NO/c12-8-4-3-7(6-9(8)13)11(15)10-2-1-5-14-10/h1-6,11,14-15H. The Balaban J connectivity index is 2.34. The molecule has 0 saturated carbocycles. The number of rotatable bonds is 2. The lowest BCUT2D eigenvalue weighted by molar-refractivity contribution is 0.216. The molecular weight excluding hydrogens is 233 g/mol. The summed E-state index contributed by atoms with van der Waals surface area (Å²) in [5, 5.41) is 10.9. The largest absolute Gasteiger partial charge is 0.382 e. The Morgan fingerprint density at radius 1 is 1.13 bits per heavy atom. The van der Waals surface area contributed by atoms with Crippen LogP contribution in [0.2, 0.25) is 10.0 Å². The van der Waals surface area contributed by atoms with Crippen molar-refractivity contribution in [1.29, 1.82) is 0 Å². The van der Waals surface area contributed by atoms with Gasteiger partial charge in [0.1, 0.15) is 6.10 Å². The Labute approximate surface area is 97.5 Å². The summed E-state index contributed by atoms with van der Waals surface area (Å²) in [5.41, 5.74) is 1.44. The van der Waals surface area contributed by atoms with Gasteiger partial charge in [-0.25, -0.2) is 0 Å². The van der Waals surface area contributed by atoms with Gasteiger partial charge in [0, 0.05) is 11.9 Å². The van der Waals surface area contributed by atoms with E-state index in [9.17, 15) is 5.11 Å². The minimum atomic E-state index is -0.699. The molecule has 0 spiro atoms. The fraction of sp³-hybridized carbons (Fsp3) is 0.0909. The van der Waals surface area contributed by atoms with E-state index in [1.54, 1.807) is 24.4 Å². The highest BCUT2D eigenvalue weighted by molar-refractivity contribution is 6.42. The molecule has 0 amide bonds. The smallest absolute Gasteiger partial charge is 0.119 e. The third-order valence-electron chi connectivity index (χ3n) is 2.18. The molecule has 0 aliphatic carbocycles. The van der Waals surface area contributed by atoms with Gasteiger partial charge in [0.15, 0.2) is 0 Å². The molecule has 1 heterocycles. The van der Waals surface area contributed by atoms with Crippen molar-refractivity contribution in [3.05, 3.63) is 57.8 Å². The van der Waals surface area contributed by atoms with E-state index >= 15 is 0 Å². The van der Waals surface area contributed by atoms with Crippen LogP contribution in [0, 0.1) is 0 Å². The molecule has 0 aliphatic rings. The maximum Gasteiger partial charge on any atom is 0.119 e. The van der Waals surface area contributed by atoms with Gasteiger partial charge in [-0.2, -0.15) is 0 Å². The maximum absolute atomic E-state index is 9.96. The molecular formula is C11H9Cl2NO. The van der Waals surface area contributed by atoms with E-state index in [4.69, 9.17) is 23.2 Å². The molecule has 0 aliphatic heterocycles. The second-order valence-corrected chi connectivity index (χ2v) is 4.02. The Morgan fingerprint density at radius 3 is 2.53 bits per heavy atom. The lowest BCUT2D eigenvalue weighted by atomic mass is 10.1. The molecule has 1 aromatic heterocycles. The average Bonchev–Trinajstić information content (AvgIpc) is 2.74. The van der Waals surface area contributed by atoms with Gasteiger partial charge in [-0.05, 0) is 29.8 Å². The summed E-state index contributed by atoms with van der Waals surface area (Å²) in [4.78, 5) is 2.94. The number of benzene rings is 1. The van der Waals surface area contributed by atoms with Crippen LogP contribution in [0.3, 0.4) is 0 Å². The van der Waals surface area contributed by atoms with E-state index in [1.165, 1.54) is 0 Å². The van der Waals surface area contributed by atoms with Gasteiger partial charge in [-0.15, -0.1) is 0 Å². The molecule has 1 aromatic carbocycles. The summed E-state index contributed by atoms with van der Waals surface area (Å²) in [6.07, 6.45) is 1.06. The van der Waals surface area contributed by atoms with E-state index in [-0.39, 0.29) is 0 Å². The van der Waals surface area contributed by atoms with Crippen LogP contribution in [0.5, 0.6) is 0 Å². The fourth-order valence-corrected chi connectivity index (χ4v) is 1.68. The molecule has 2 nitrogen and oxygen atoms in total. The van der Waals surface area contributed by atoms with Crippen LogP contribution in [0.4, 0.5) is 0 Å².